The van der Waals surface area contributed by atoms with Crippen LogP contribution >= 0.6 is 0 Å². The van der Waals surface area contributed by atoms with Crippen LogP contribution in [0, 0.1) is 11.3 Å². The predicted molar refractivity (Wildman–Crippen MR) is 113 cm³/mol. The van der Waals surface area contributed by atoms with Crippen molar-refractivity contribution in [2.75, 3.05) is 0 Å². The number of nitrogens with zero attached hydrogens (tertiary/aromatic N) is 3. The summed E-state index contributed by atoms with van der Waals surface area (Å²) in [6.07, 6.45) is 1.77. The topological polar surface area (TPSA) is 82.4 Å². The number of hydrogen-bond donors (Lipinski definition) is 1. The van der Waals surface area contributed by atoms with Gasteiger partial charge in [-0.1, -0.05) is 42.5 Å². The number of nitriles is 1. The molecule has 0 radical (unpaired) electrons. The van der Waals surface area contributed by atoms with Crippen LogP contribution in [0.25, 0.3) is 44.3 Å². The number of pyridine rings is 3. The van der Waals surface area contributed by atoms with Crippen molar-refractivity contribution in [3.63, 3.8) is 0 Å². The molecule has 0 saturated carbocycles. The van der Waals surface area contributed by atoms with Crippen molar-refractivity contribution in [2.24, 2.45) is 0 Å². The van der Waals surface area contributed by atoms with E-state index in [-0.39, 0.29) is 5.56 Å². The third-order valence-corrected chi connectivity index (χ3v) is 4.91. The van der Waals surface area contributed by atoms with E-state index in [9.17, 15) is 10.1 Å². The molecule has 1 N–H and O–H groups in total. The van der Waals surface area contributed by atoms with Crippen molar-refractivity contribution >= 4 is 21.9 Å². The minimum atomic E-state index is -0.434. The Morgan fingerprint density at radius 2 is 1.72 bits per heavy atom. The van der Waals surface area contributed by atoms with E-state index in [1.165, 1.54) is 0 Å². The Hall–Kier alpha value is -4.30. The second-order valence-electron chi connectivity index (χ2n) is 6.72. The zero-order valence-corrected chi connectivity index (χ0v) is 15.3. The summed E-state index contributed by atoms with van der Waals surface area (Å²) in [5, 5.41) is 11.0. The number of benzene rings is 2. The SMILES string of the molecule is N#Cc1cc2cc(-c3ccc4ncccc4c3)c(-c3ccccc3)nc2[nH]c1=O. The van der Waals surface area contributed by atoms with Gasteiger partial charge in [0, 0.05) is 28.1 Å². The van der Waals surface area contributed by atoms with Crippen molar-refractivity contribution in [3.8, 4) is 28.5 Å². The van der Waals surface area contributed by atoms with Gasteiger partial charge in [0.1, 0.15) is 17.3 Å². The van der Waals surface area contributed by atoms with Gasteiger partial charge >= 0.3 is 0 Å². The molecule has 3 aromatic heterocycles. The van der Waals surface area contributed by atoms with Crippen LogP contribution in [-0.2, 0) is 0 Å². The lowest BCUT2D eigenvalue weighted by atomic mass is 9.96. The minimum absolute atomic E-state index is 0.0698. The number of rotatable bonds is 2. The first-order chi connectivity index (χ1) is 14.2. The number of aromatic nitrogens is 3. The lowest BCUT2D eigenvalue weighted by molar-refractivity contribution is 1.22. The molecule has 0 aliphatic rings. The highest BCUT2D eigenvalue weighted by Gasteiger charge is 2.14. The summed E-state index contributed by atoms with van der Waals surface area (Å²) >= 11 is 0. The average Bonchev–Trinajstić information content (AvgIpc) is 2.78. The van der Waals surface area contributed by atoms with Gasteiger partial charge in [0.15, 0.2) is 0 Å². The molecule has 2 aromatic carbocycles. The van der Waals surface area contributed by atoms with Crippen LogP contribution in [0.2, 0.25) is 0 Å². The highest BCUT2D eigenvalue weighted by Crippen LogP contribution is 2.34. The highest BCUT2D eigenvalue weighted by molar-refractivity contribution is 5.93. The fourth-order valence-electron chi connectivity index (χ4n) is 3.50. The van der Waals surface area contributed by atoms with Gasteiger partial charge in [0.2, 0.25) is 0 Å². The molecule has 5 aromatic rings. The first-order valence-corrected chi connectivity index (χ1v) is 9.12. The van der Waals surface area contributed by atoms with Crippen LogP contribution in [0.5, 0.6) is 0 Å². The third kappa shape index (κ3) is 2.93. The van der Waals surface area contributed by atoms with E-state index in [4.69, 9.17) is 4.98 Å². The summed E-state index contributed by atoms with van der Waals surface area (Å²) in [5.41, 5.74) is 4.63. The molecule has 29 heavy (non-hydrogen) atoms. The first kappa shape index (κ1) is 16.8. The van der Waals surface area contributed by atoms with E-state index in [1.807, 2.05) is 66.7 Å². The van der Waals surface area contributed by atoms with Gasteiger partial charge in [0.25, 0.3) is 5.56 Å². The summed E-state index contributed by atoms with van der Waals surface area (Å²) in [5.74, 6) is 0. The fraction of sp³-hybridized carbons (Fsp3) is 0. The molecule has 0 amide bonds. The Morgan fingerprint density at radius 3 is 2.55 bits per heavy atom. The van der Waals surface area contributed by atoms with Crippen molar-refractivity contribution < 1.29 is 0 Å². The van der Waals surface area contributed by atoms with Gasteiger partial charge in [-0.2, -0.15) is 5.26 Å². The number of aromatic amines is 1. The predicted octanol–water partition coefficient (Wildman–Crippen LogP) is 4.68. The molecular weight excluding hydrogens is 360 g/mol. The van der Waals surface area contributed by atoms with Gasteiger partial charge in [-0.25, -0.2) is 4.98 Å². The molecule has 0 spiro atoms. The molecule has 0 atom stereocenters. The Morgan fingerprint density at radius 1 is 0.862 bits per heavy atom. The highest BCUT2D eigenvalue weighted by atomic mass is 16.1. The van der Waals surface area contributed by atoms with E-state index >= 15 is 0 Å². The molecular formula is C24H14N4O. The zero-order chi connectivity index (χ0) is 19.8. The van der Waals surface area contributed by atoms with Crippen molar-refractivity contribution in [3.05, 3.63) is 94.9 Å². The molecule has 136 valence electrons. The molecule has 0 saturated heterocycles. The van der Waals surface area contributed by atoms with Crippen molar-refractivity contribution in [2.45, 2.75) is 0 Å². The van der Waals surface area contributed by atoms with E-state index in [2.05, 4.69) is 16.0 Å². The molecule has 3 heterocycles. The lowest BCUT2D eigenvalue weighted by Gasteiger charge is -2.12. The maximum absolute atomic E-state index is 12.1. The lowest BCUT2D eigenvalue weighted by Crippen LogP contribution is -2.10. The molecule has 0 unspecified atom stereocenters. The number of nitrogens with one attached hydrogen (secondary N) is 1. The van der Waals surface area contributed by atoms with Crippen LogP contribution in [0.15, 0.2) is 83.8 Å². The molecule has 0 aliphatic carbocycles. The summed E-state index contributed by atoms with van der Waals surface area (Å²) in [6.45, 7) is 0. The normalized spacial score (nSPS) is 10.9. The Kier molecular flexibility index (Phi) is 3.89. The van der Waals surface area contributed by atoms with E-state index in [0.717, 1.165) is 33.3 Å². The number of H-pyrrole nitrogens is 1. The number of fused-ring (bicyclic) bond motifs is 2. The summed E-state index contributed by atoms with van der Waals surface area (Å²) in [4.78, 5) is 24.0. The molecule has 5 rings (SSSR count). The van der Waals surface area contributed by atoms with Crippen LogP contribution in [0.4, 0.5) is 0 Å². The Bertz CT molecular complexity index is 1480. The van der Waals surface area contributed by atoms with Crippen molar-refractivity contribution in [1.82, 2.24) is 15.0 Å². The maximum atomic E-state index is 12.1. The minimum Gasteiger partial charge on any atom is -0.305 e. The molecule has 0 fully saturated rings. The smallest absolute Gasteiger partial charge is 0.267 e. The fourth-order valence-corrected chi connectivity index (χ4v) is 3.50. The second-order valence-corrected chi connectivity index (χ2v) is 6.72. The van der Waals surface area contributed by atoms with Crippen molar-refractivity contribution in [1.29, 1.82) is 5.26 Å². The second kappa shape index (κ2) is 6.70. The zero-order valence-electron chi connectivity index (χ0n) is 15.3. The van der Waals surface area contributed by atoms with E-state index < -0.39 is 5.56 Å². The van der Waals surface area contributed by atoms with Gasteiger partial charge in [-0.3, -0.25) is 9.78 Å². The van der Waals surface area contributed by atoms with Crippen LogP contribution in [0.1, 0.15) is 5.56 Å². The molecule has 5 heteroatoms. The number of hydrogen-bond acceptors (Lipinski definition) is 4. The standard InChI is InChI=1S/C24H14N4O/c25-14-19-12-18-13-20(16-8-9-21-17(11-16)7-4-10-26-21)22(15-5-2-1-3-6-15)27-23(18)28-24(19)29/h1-13H,(H,27,28,29). The molecule has 0 bridgehead atoms. The van der Waals surface area contributed by atoms with E-state index in [1.54, 1.807) is 12.3 Å². The van der Waals surface area contributed by atoms with Crippen LogP contribution < -0.4 is 5.56 Å². The van der Waals surface area contributed by atoms with Gasteiger partial charge in [-0.05, 0) is 35.9 Å². The molecule has 5 nitrogen and oxygen atoms in total. The van der Waals surface area contributed by atoms with Gasteiger partial charge in [0.05, 0.1) is 11.2 Å². The Labute approximate surface area is 165 Å². The largest absolute Gasteiger partial charge is 0.305 e. The average molecular weight is 374 g/mol. The van der Waals surface area contributed by atoms with Crippen LogP contribution in [0.3, 0.4) is 0 Å². The monoisotopic (exact) mass is 374 g/mol. The Balaban J connectivity index is 1.84. The maximum Gasteiger partial charge on any atom is 0.267 e. The van der Waals surface area contributed by atoms with Crippen LogP contribution in [-0.4, -0.2) is 15.0 Å². The first-order valence-electron chi connectivity index (χ1n) is 9.12. The van der Waals surface area contributed by atoms with Gasteiger partial charge < -0.3 is 4.98 Å². The summed E-state index contributed by atoms with van der Waals surface area (Å²) in [6, 6.07) is 25.3. The summed E-state index contributed by atoms with van der Waals surface area (Å²) in [7, 11) is 0. The molecule has 0 aliphatic heterocycles. The quantitative estimate of drug-likeness (QED) is 0.486. The summed E-state index contributed by atoms with van der Waals surface area (Å²) < 4.78 is 0. The third-order valence-electron chi connectivity index (χ3n) is 4.91. The van der Waals surface area contributed by atoms with E-state index in [0.29, 0.717) is 11.0 Å². The van der Waals surface area contributed by atoms with Gasteiger partial charge in [-0.15, -0.1) is 0 Å².